The first-order valence-electron chi connectivity index (χ1n) is 2.85. The molecule has 1 heterocycles. The molecule has 5 heteroatoms. The molecule has 0 amide bonds. The van der Waals surface area contributed by atoms with Crippen molar-refractivity contribution in [3.8, 4) is 0 Å². The van der Waals surface area contributed by atoms with Gasteiger partial charge in [0.15, 0.2) is 0 Å². The van der Waals surface area contributed by atoms with Crippen molar-refractivity contribution in [2.45, 2.75) is 6.92 Å². The fourth-order valence-electron chi connectivity index (χ4n) is 0.651. The number of hydrogen-bond donors (Lipinski definition) is 1. The van der Waals surface area contributed by atoms with Crippen LogP contribution >= 0.6 is 27.5 Å². The van der Waals surface area contributed by atoms with Gasteiger partial charge in [-0.05, 0) is 28.4 Å². The van der Waals surface area contributed by atoms with Crippen LogP contribution in [0.2, 0.25) is 5.15 Å². The van der Waals surface area contributed by atoms with Gasteiger partial charge in [0.05, 0.1) is 10.7 Å². The first kappa shape index (κ1) is 8.77. The van der Waals surface area contributed by atoms with Gasteiger partial charge < -0.3 is 10.7 Å². The van der Waals surface area contributed by atoms with Crippen LogP contribution in [-0.2, 0) is 0 Å². The van der Waals surface area contributed by atoms with Crippen LogP contribution in [0.25, 0.3) is 0 Å². The number of rotatable bonds is 1. The van der Waals surface area contributed by atoms with E-state index in [9.17, 15) is 5.21 Å². The summed E-state index contributed by atoms with van der Waals surface area (Å²) in [6.07, 6.45) is 1.40. The summed E-state index contributed by atoms with van der Waals surface area (Å²) in [6.45, 7) is 1.78. The number of nitrogens with one attached hydrogen (secondary N) is 1. The predicted octanol–water partition coefficient (Wildman–Crippen LogP) is 2.72. The van der Waals surface area contributed by atoms with E-state index in [-0.39, 0.29) is 0 Å². The van der Waals surface area contributed by atoms with E-state index in [0.717, 1.165) is 5.56 Å². The zero-order valence-electron chi connectivity index (χ0n) is 5.69. The minimum Gasteiger partial charge on any atom is -0.761 e. The highest BCUT2D eigenvalue weighted by Crippen LogP contribution is 2.28. The summed E-state index contributed by atoms with van der Waals surface area (Å²) in [5.74, 6) is 0. The predicted molar refractivity (Wildman–Crippen MR) is 48.7 cm³/mol. The third-order valence-corrected chi connectivity index (χ3v) is 2.82. The molecule has 0 aromatic carbocycles. The lowest BCUT2D eigenvalue weighted by atomic mass is 10.3. The Bertz CT molecular complexity index is 280. The molecule has 0 aliphatic carbocycles. The molecular weight excluding hydrogens is 231 g/mol. The number of hydrogen-bond acceptors (Lipinski definition) is 3. The van der Waals surface area contributed by atoms with Crippen molar-refractivity contribution in [1.82, 2.24) is 4.98 Å². The number of nitrogens with zero attached hydrogens (tertiary/aromatic N) is 1. The van der Waals surface area contributed by atoms with Crippen molar-refractivity contribution >= 4 is 33.2 Å². The normalized spacial score (nSPS) is 9.82. The van der Waals surface area contributed by atoms with Crippen molar-refractivity contribution < 1.29 is 0 Å². The molecule has 1 rings (SSSR count). The van der Waals surface area contributed by atoms with Gasteiger partial charge in [0.2, 0.25) is 0 Å². The van der Waals surface area contributed by atoms with E-state index in [4.69, 9.17) is 11.6 Å². The number of anilines is 1. The lowest BCUT2D eigenvalue weighted by Crippen LogP contribution is -1.92. The van der Waals surface area contributed by atoms with E-state index in [1.54, 1.807) is 12.4 Å². The standard InChI is InChI=1S/C6H5BrClN2O/c1-3-4(10-11)2-9-6(8)5(3)7/h2,10H,1H3/q-1. The van der Waals surface area contributed by atoms with Crippen molar-refractivity contribution in [3.05, 3.63) is 26.6 Å². The molecule has 0 saturated carbocycles. The summed E-state index contributed by atoms with van der Waals surface area (Å²) in [7, 11) is 0. The Morgan fingerprint density at radius 3 is 2.91 bits per heavy atom. The van der Waals surface area contributed by atoms with Crippen molar-refractivity contribution in [2.24, 2.45) is 0 Å². The first-order valence-corrected chi connectivity index (χ1v) is 4.02. The molecule has 1 N–H and O–H groups in total. The van der Waals surface area contributed by atoms with Gasteiger partial charge in [-0.15, -0.1) is 0 Å². The zero-order valence-corrected chi connectivity index (χ0v) is 8.03. The lowest BCUT2D eigenvalue weighted by molar-refractivity contribution is 1.26. The molecule has 0 unspecified atom stereocenters. The minimum atomic E-state index is 0.363. The van der Waals surface area contributed by atoms with Gasteiger partial charge in [-0.1, -0.05) is 11.6 Å². The van der Waals surface area contributed by atoms with Crippen molar-refractivity contribution in [2.75, 3.05) is 5.48 Å². The van der Waals surface area contributed by atoms with E-state index in [1.807, 2.05) is 0 Å². The maximum atomic E-state index is 10.3. The van der Waals surface area contributed by atoms with Gasteiger partial charge in [0.25, 0.3) is 0 Å². The van der Waals surface area contributed by atoms with E-state index in [0.29, 0.717) is 15.3 Å². The summed E-state index contributed by atoms with van der Waals surface area (Å²) in [5, 5.41) is 10.6. The Morgan fingerprint density at radius 2 is 2.36 bits per heavy atom. The van der Waals surface area contributed by atoms with Crippen LogP contribution in [0.5, 0.6) is 0 Å². The van der Waals surface area contributed by atoms with Crippen molar-refractivity contribution in [1.29, 1.82) is 0 Å². The first-order chi connectivity index (χ1) is 5.16. The van der Waals surface area contributed by atoms with Crippen LogP contribution in [0.4, 0.5) is 5.69 Å². The Balaban J connectivity index is 3.25. The smallest absolute Gasteiger partial charge is 0.143 e. The Kier molecular flexibility index (Phi) is 2.70. The summed E-state index contributed by atoms with van der Waals surface area (Å²) < 4.78 is 0.653. The van der Waals surface area contributed by atoms with Gasteiger partial charge in [0.1, 0.15) is 5.15 Å². The highest BCUT2D eigenvalue weighted by Gasteiger charge is 2.04. The highest BCUT2D eigenvalue weighted by atomic mass is 79.9. The van der Waals surface area contributed by atoms with Crippen LogP contribution < -0.4 is 5.48 Å². The maximum absolute atomic E-state index is 10.3. The maximum Gasteiger partial charge on any atom is 0.143 e. The second kappa shape index (κ2) is 3.38. The van der Waals surface area contributed by atoms with E-state index < -0.39 is 0 Å². The zero-order chi connectivity index (χ0) is 8.43. The average molecular weight is 236 g/mol. The Hall–Kier alpha value is -0.320. The van der Waals surface area contributed by atoms with Gasteiger partial charge in [-0.25, -0.2) is 4.98 Å². The summed E-state index contributed by atoms with van der Waals surface area (Å²) in [6, 6.07) is 0. The molecular formula is C6H5BrClN2O-. The second-order valence-corrected chi connectivity index (χ2v) is 3.15. The number of pyridine rings is 1. The summed E-state index contributed by atoms with van der Waals surface area (Å²) >= 11 is 8.85. The van der Waals surface area contributed by atoms with Crippen LogP contribution in [0, 0.1) is 12.1 Å². The van der Waals surface area contributed by atoms with Gasteiger partial charge >= 0.3 is 0 Å². The van der Waals surface area contributed by atoms with Crippen LogP contribution in [0.3, 0.4) is 0 Å². The molecule has 0 saturated heterocycles. The molecule has 0 bridgehead atoms. The number of aromatic nitrogens is 1. The SMILES string of the molecule is Cc1c(N[O-])cnc(Cl)c1Br. The molecule has 1 aromatic rings. The van der Waals surface area contributed by atoms with Gasteiger partial charge in [0, 0.05) is 5.69 Å². The average Bonchev–Trinajstić information content (AvgIpc) is 2.01. The van der Waals surface area contributed by atoms with E-state index in [1.165, 1.54) is 6.20 Å². The van der Waals surface area contributed by atoms with Crippen LogP contribution in [-0.4, -0.2) is 4.98 Å². The van der Waals surface area contributed by atoms with E-state index in [2.05, 4.69) is 20.9 Å². The summed E-state index contributed by atoms with van der Waals surface area (Å²) in [5.41, 5.74) is 2.96. The molecule has 11 heavy (non-hydrogen) atoms. The number of halogens is 2. The molecule has 0 atom stereocenters. The highest BCUT2D eigenvalue weighted by molar-refractivity contribution is 9.10. The third kappa shape index (κ3) is 1.64. The molecule has 0 fully saturated rings. The van der Waals surface area contributed by atoms with Crippen LogP contribution in [0.1, 0.15) is 5.56 Å². The Morgan fingerprint density at radius 1 is 1.73 bits per heavy atom. The quantitative estimate of drug-likeness (QED) is 0.602. The molecule has 60 valence electrons. The summed E-state index contributed by atoms with van der Waals surface area (Å²) in [4.78, 5) is 3.77. The van der Waals surface area contributed by atoms with Crippen LogP contribution in [0.15, 0.2) is 10.7 Å². The monoisotopic (exact) mass is 235 g/mol. The molecule has 3 nitrogen and oxygen atoms in total. The van der Waals surface area contributed by atoms with E-state index >= 15 is 0 Å². The molecule has 0 aliphatic rings. The topological polar surface area (TPSA) is 48.0 Å². The Labute approximate surface area is 77.5 Å². The second-order valence-electron chi connectivity index (χ2n) is 2.00. The van der Waals surface area contributed by atoms with Gasteiger partial charge in [-0.2, -0.15) is 0 Å². The largest absolute Gasteiger partial charge is 0.761 e. The lowest BCUT2D eigenvalue weighted by Gasteiger charge is -2.13. The molecule has 0 radical (unpaired) electrons. The minimum absolute atomic E-state index is 0.363. The third-order valence-electron chi connectivity index (χ3n) is 1.33. The molecule has 0 aliphatic heterocycles. The fraction of sp³-hybridized carbons (Fsp3) is 0.167. The van der Waals surface area contributed by atoms with Gasteiger partial charge in [-0.3, -0.25) is 0 Å². The molecule has 0 spiro atoms. The van der Waals surface area contributed by atoms with Crippen molar-refractivity contribution in [3.63, 3.8) is 0 Å². The molecule has 1 aromatic heterocycles. The fourth-order valence-corrected chi connectivity index (χ4v) is 1.16.